The first kappa shape index (κ1) is 21.6. The molecule has 0 radical (unpaired) electrons. The molecule has 2 amide bonds. The summed E-state index contributed by atoms with van der Waals surface area (Å²) in [5.74, 6) is 0.0801. The molecule has 2 aromatic carbocycles. The van der Waals surface area contributed by atoms with Crippen molar-refractivity contribution in [3.05, 3.63) is 53.7 Å². The third-order valence-electron chi connectivity index (χ3n) is 4.60. The van der Waals surface area contributed by atoms with E-state index in [9.17, 15) is 9.59 Å². The van der Waals surface area contributed by atoms with Gasteiger partial charge in [0, 0.05) is 17.4 Å². The van der Waals surface area contributed by atoms with Gasteiger partial charge in [0.05, 0.1) is 14.2 Å². The average Bonchev–Trinajstić information content (AvgIpc) is 3.13. The number of anilines is 3. The summed E-state index contributed by atoms with van der Waals surface area (Å²) in [7, 11) is 3.02. The van der Waals surface area contributed by atoms with Crippen LogP contribution in [0, 0.1) is 0 Å². The van der Waals surface area contributed by atoms with Crippen molar-refractivity contribution >= 4 is 29.0 Å². The number of nitrogen functional groups attached to an aromatic ring is 1. The van der Waals surface area contributed by atoms with Crippen molar-refractivity contribution in [3.63, 3.8) is 0 Å². The van der Waals surface area contributed by atoms with Crippen molar-refractivity contribution in [2.45, 2.75) is 19.9 Å². The maximum atomic E-state index is 12.6. The summed E-state index contributed by atoms with van der Waals surface area (Å²) in [5, 5.41) is 13.2. The Labute approximate surface area is 179 Å². The molecule has 0 spiro atoms. The van der Waals surface area contributed by atoms with Gasteiger partial charge in [0.2, 0.25) is 5.91 Å². The lowest BCUT2D eigenvalue weighted by atomic mass is 10.1. The largest absolute Gasteiger partial charge is 0.493 e. The molecular formula is C21H24N6O4. The van der Waals surface area contributed by atoms with Crippen molar-refractivity contribution in [3.8, 4) is 11.5 Å². The van der Waals surface area contributed by atoms with Gasteiger partial charge >= 0.3 is 0 Å². The quantitative estimate of drug-likeness (QED) is 0.505. The van der Waals surface area contributed by atoms with Crippen LogP contribution in [0.2, 0.25) is 0 Å². The molecule has 10 nitrogen and oxygen atoms in total. The van der Waals surface area contributed by atoms with Gasteiger partial charge < -0.3 is 25.8 Å². The standard InChI is InChI=1S/C21H24N6O4/c1-4-13-7-5-6-8-15(13)24-18(28)12-27-20(22)19(25-26-27)21(29)23-14-9-10-16(30-2)17(11-14)31-3/h5-11H,4,12,22H2,1-3H3,(H,23,29)(H,24,28). The van der Waals surface area contributed by atoms with Crippen LogP contribution in [0.5, 0.6) is 11.5 Å². The Morgan fingerprint density at radius 1 is 1.06 bits per heavy atom. The van der Waals surface area contributed by atoms with Crippen LogP contribution in [-0.4, -0.2) is 41.0 Å². The van der Waals surface area contributed by atoms with E-state index in [2.05, 4.69) is 20.9 Å². The van der Waals surface area contributed by atoms with Crippen LogP contribution in [0.25, 0.3) is 0 Å². The molecule has 0 saturated carbocycles. The monoisotopic (exact) mass is 424 g/mol. The second-order valence-electron chi connectivity index (χ2n) is 6.56. The summed E-state index contributed by atoms with van der Waals surface area (Å²) in [6.45, 7) is 1.82. The molecule has 0 aliphatic carbocycles. The topological polar surface area (TPSA) is 133 Å². The average molecular weight is 424 g/mol. The van der Waals surface area contributed by atoms with E-state index in [0.29, 0.717) is 17.2 Å². The van der Waals surface area contributed by atoms with E-state index in [0.717, 1.165) is 17.7 Å². The first-order chi connectivity index (χ1) is 15.0. The lowest BCUT2D eigenvalue weighted by molar-refractivity contribution is -0.116. The molecule has 10 heteroatoms. The van der Waals surface area contributed by atoms with Gasteiger partial charge in [0.25, 0.3) is 5.91 Å². The summed E-state index contributed by atoms with van der Waals surface area (Å²) in [5.41, 5.74) is 8.12. The molecule has 1 heterocycles. The Morgan fingerprint density at radius 3 is 2.52 bits per heavy atom. The number of ether oxygens (including phenoxy) is 2. The second kappa shape index (κ2) is 9.61. The Kier molecular flexibility index (Phi) is 6.71. The second-order valence-corrected chi connectivity index (χ2v) is 6.56. The molecule has 0 unspecified atom stereocenters. The van der Waals surface area contributed by atoms with Crippen LogP contribution in [0.15, 0.2) is 42.5 Å². The molecule has 3 aromatic rings. The highest BCUT2D eigenvalue weighted by Gasteiger charge is 2.20. The van der Waals surface area contributed by atoms with Gasteiger partial charge in [-0.05, 0) is 30.2 Å². The number of hydrogen-bond donors (Lipinski definition) is 3. The number of benzene rings is 2. The first-order valence-electron chi connectivity index (χ1n) is 9.56. The minimum atomic E-state index is -0.562. The first-order valence-corrected chi connectivity index (χ1v) is 9.56. The molecular weight excluding hydrogens is 400 g/mol. The Balaban J connectivity index is 1.69. The Bertz CT molecular complexity index is 1100. The van der Waals surface area contributed by atoms with Crippen molar-refractivity contribution < 1.29 is 19.1 Å². The van der Waals surface area contributed by atoms with Gasteiger partial charge in [-0.1, -0.05) is 30.3 Å². The fraction of sp³-hybridized carbons (Fsp3) is 0.238. The van der Waals surface area contributed by atoms with Gasteiger partial charge in [-0.25, -0.2) is 4.68 Å². The third kappa shape index (κ3) is 4.92. The number of para-hydroxylation sites is 1. The van der Waals surface area contributed by atoms with Crippen molar-refractivity contribution in [1.29, 1.82) is 0 Å². The van der Waals surface area contributed by atoms with Gasteiger partial charge in [-0.2, -0.15) is 0 Å². The number of aryl methyl sites for hydroxylation is 1. The van der Waals surface area contributed by atoms with E-state index < -0.39 is 5.91 Å². The molecule has 0 saturated heterocycles. The fourth-order valence-corrected chi connectivity index (χ4v) is 2.98. The fourth-order valence-electron chi connectivity index (χ4n) is 2.98. The van der Waals surface area contributed by atoms with Crippen LogP contribution < -0.4 is 25.8 Å². The number of hydrogen-bond acceptors (Lipinski definition) is 7. The summed E-state index contributed by atoms with van der Waals surface area (Å²) in [4.78, 5) is 25.0. The summed E-state index contributed by atoms with van der Waals surface area (Å²) in [6, 6.07) is 12.4. The Hall–Kier alpha value is -4.08. The highest BCUT2D eigenvalue weighted by Crippen LogP contribution is 2.30. The maximum Gasteiger partial charge on any atom is 0.280 e. The normalized spacial score (nSPS) is 10.4. The molecule has 162 valence electrons. The molecule has 0 aliphatic heterocycles. The third-order valence-corrected chi connectivity index (χ3v) is 4.60. The zero-order chi connectivity index (χ0) is 22.4. The zero-order valence-electron chi connectivity index (χ0n) is 17.5. The maximum absolute atomic E-state index is 12.6. The minimum absolute atomic E-state index is 0.0168. The molecule has 0 fully saturated rings. The molecule has 0 bridgehead atoms. The molecule has 3 rings (SSSR count). The number of rotatable bonds is 8. The van der Waals surface area contributed by atoms with Gasteiger partial charge in [0.15, 0.2) is 23.0 Å². The predicted octanol–water partition coefficient (Wildman–Crippen LogP) is 2.33. The lowest BCUT2D eigenvalue weighted by Crippen LogP contribution is -2.22. The molecule has 31 heavy (non-hydrogen) atoms. The van der Waals surface area contributed by atoms with Gasteiger partial charge in [0.1, 0.15) is 6.54 Å². The van der Waals surface area contributed by atoms with E-state index in [1.807, 2.05) is 31.2 Å². The number of aromatic nitrogens is 3. The number of nitrogens with zero attached hydrogens (tertiary/aromatic N) is 3. The molecule has 4 N–H and O–H groups in total. The lowest BCUT2D eigenvalue weighted by Gasteiger charge is -2.10. The molecule has 0 aliphatic rings. The van der Waals surface area contributed by atoms with Crippen LogP contribution in [-0.2, 0) is 17.8 Å². The zero-order valence-corrected chi connectivity index (χ0v) is 17.5. The van der Waals surface area contributed by atoms with Crippen LogP contribution in [0.1, 0.15) is 23.0 Å². The highest BCUT2D eigenvalue weighted by molar-refractivity contribution is 6.06. The predicted molar refractivity (Wildman–Crippen MR) is 116 cm³/mol. The number of carbonyl (C=O) groups is 2. The number of nitrogens with one attached hydrogen (secondary N) is 2. The van der Waals surface area contributed by atoms with Gasteiger partial charge in [-0.3, -0.25) is 9.59 Å². The van der Waals surface area contributed by atoms with Crippen molar-refractivity contribution in [2.24, 2.45) is 0 Å². The minimum Gasteiger partial charge on any atom is -0.493 e. The summed E-state index contributed by atoms with van der Waals surface area (Å²) in [6.07, 6.45) is 0.780. The summed E-state index contributed by atoms with van der Waals surface area (Å²) >= 11 is 0. The molecule has 1 aromatic heterocycles. The number of methoxy groups -OCH3 is 2. The van der Waals surface area contributed by atoms with E-state index in [-0.39, 0.29) is 24.0 Å². The van der Waals surface area contributed by atoms with E-state index in [1.54, 1.807) is 18.2 Å². The summed E-state index contributed by atoms with van der Waals surface area (Å²) < 4.78 is 11.6. The van der Waals surface area contributed by atoms with E-state index >= 15 is 0 Å². The van der Waals surface area contributed by atoms with Crippen LogP contribution in [0.3, 0.4) is 0 Å². The van der Waals surface area contributed by atoms with E-state index in [1.165, 1.54) is 18.9 Å². The van der Waals surface area contributed by atoms with Crippen LogP contribution in [0.4, 0.5) is 17.2 Å². The van der Waals surface area contributed by atoms with Crippen molar-refractivity contribution in [1.82, 2.24) is 15.0 Å². The smallest absolute Gasteiger partial charge is 0.280 e. The van der Waals surface area contributed by atoms with Crippen LogP contribution >= 0.6 is 0 Å². The number of nitrogens with two attached hydrogens (primary N) is 1. The molecule has 0 atom stereocenters. The van der Waals surface area contributed by atoms with Crippen molar-refractivity contribution in [2.75, 3.05) is 30.6 Å². The Morgan fingerprint density at radius 2 is 1.81 bits per heavy atom. The van der Waals surface area contributed by atoms with E-state index in [4.69, 9.17) is 15.2 Å². The number of amides is 2. The highest BCUT2D eigenvalue weighted by atomic mass is 16.5. The number of carbonyl (C=O) groups excluding carboxylic acids is 2. The SMILES string of the molecule is CCc1ccccc1NC(=O)Cn1nnc(C(=O)Nc2ccc(OC)c(OC)c2)c1N. The van der Waals surface area contributed by atoms with Gasteiger partial charge in [-0.15, -0.1) is 5.10 Å².